The topological polar surface area (TPSA) is 198 Å². The lowest BCUT2D eigenvalue weighted by Crippen LogP contribution is -2.62. The Morgan fingerprint density at radius 1 is 0.612 bits per heavy atom. The second kappa shape index (κ2) is 19.4. The molecule has 0 saturated heterocycles. The number of hydrogen-bond donors (Lipinski definition) is 5. The minimum Gasteiger partial charge on any atom is -0.467 e. The summed E-state index contributed by atoms with van der Waals surface area (Å²) in [5, 5.41) is 11.5. The molecule has 0 rings (SSSR count). The molecular weight excluding hydrogens is 648 g/mol. The first-order valence-corrected chi connectivity index (χ1v) is 16.6. The molecule has 0 aromatic rings. The quantitative estimate of drug-likeness (QED) is 0.105. The number of halogens is 2. The van der Waals surface area contributed by atoms with Crippen LogP contribution in [-0.2, 0) is 38.2 Å². The number of amides is 5. The van der Waals surface area contributed by atoms with E-state index in [0.29, 0.717) is 12.8 Å². The maximum absolute atomic E-state index is 15.3. The Bertz CT molecular complexity index is 1190. The third kappa shape index (κ3) is 13.9. The fourth-order valence-corrected chi connectivity index (χ4v) is 4.47. The molecule has 16 heteroatoms. The first-order valence-electron chi connectivity index (χ1n) is 16.6. The number of carbonyl (C=O) groups excluding carboxylic acids is 7. The lowest BCUT2D eigenvalue weighted by atomic mass is 9.95. The van der Waals surface area contributed by atoms with Crippen LogP contribution in [0, 0.1) is 23.7 Å². The molecule has 0 aromatic carbocycles. The molecule has 0 saturated carbocycles. The van der Waals surface area contributed by atoms with Crippen LogP contribution in [0.1, 0.15) is 95.9 Å². The summed E-state index contributed by atoms with van der Waals surface area (Å²) in [6, 6.07) is -7.00. The number of Topliss-reactive ketones (excluding diaryl/α,β-unsaturated/α-hetero) is 1. The zero-order valence-corrected chi connectivity index (χ0v) is 31.0. The first kappa shape index (κ1) is 45.2. The lowest BCUT2D eigenvalue weighted by molar-refractivity contribution is -0.161. The Morgan fingerprint density at radius 2 is 1.02 bits per heavy atom. The van der Waals surface area contributed by atoms with Gasteiger partial charge in [0.25, 0.3) is 5.91 Å². The van der Waals surface area contributed by atoms with Crippen molar-refractivity contribution in [2.45, 2.75) is 138 Å². The van der Waals surface area contributed by atoms with Crippen LogP contribution in [-0.4, -0.2) is 90.3 Å². The van der Waals surface area contributed by atoms with Gasteiger partial charge in [-0.1, -0.05) is 68.2 Å². The monoisotopic (exact) mass is 705 g/mol. The Hall–Kier alpha value is -3.85. The Labute approximate surface area is 288 Å². The van der Waals surface area contributed by atoms with Crippen LogP contribution in [0.3, 0.4) is 0 Å². The number of alkyl halides is 2. The van der Waals surface area contributed by atoms with E-state index in [1.54, 1.807) is 62.3 Å². The minimum atomic E-state index is -4.69. The molecule has 0 aromatic heterocycles. The number of carbonyl (C=O) groups is 7. The van der Waals surface area contributed by atoms with Crippen molar-refractivity contribution in [2.75, 3.05) is 7.11 Å². The molecule has 0 radical (unpaired) electrons. The van der Waals surface area contributed by atoms with E-state index < -0.39 is 101 Å². The van der Waals surface area contributed by atoms with Crippen molar-refractivity contribution in [1.29, 1.82) is 0 Å². The van der Waals surface area contributed by atoms with Gasteiger partial charge in [0.2, 0.25) is 23.5 Å². The van der Waals surface area contributed by atoms with Crippen LogP contribution in [0.5, 0.6) is 0 Å². The lowest BCUT2D eigenvalue weighted by Gasteiger charge is -2.30. The van der Waals surface area contributed by atoms with Crippen LogP contribution in [0.2, 0.25) is 0 Å². The number of methoxy groups -OCH3 is 1. The van der Waals surface area contributed by atoms with Gasteiger partial charge in [0, 0.05) is 0 Å². The van der Waals surface area contributed by atoms with Crippen molar-refractivity contribution in [3.8, 4) is 0 Å². The predicted molar refractivity (Wildman–Crippen MR) is 177 cm³/mol. The summed E-state index contributed by atoms with van der Waals surface area (Å²) in [5.41, 5.74) is -0.841. The van der Waals surface area contributed by atoms with E-state index in [1.165, 1.54) is 13.8 Å². The zero-order chi connectivity index (χ0) is 38.6. The van der Waals surface area contributed by atoms with Crippen LogP contribution in [0.4, 0.5) is 13.6 Å². The van der Waals surface area contributed by atoms with Gasteiger partial charge >= 0.3 is 18.0 Å². The molecule has 7 atom stereocenters. The summed E-state index contributed by atoms with van der Waals surface area (Å²) in [6.07, 6.45) is -0.0308. The maximum Gasteiger partial charge on any atom is 0.408 e. The summed E-state index contributed by atoms with van der Waals surface area (Å²) in [5.74, 6) is -14.2. The van der Waals surface area contributed by atoms with E-state index in [2.05, 4.69) is 21.3 Å². The van der Waals surface area contributed by atoms with Gasteiger partial charge in [-0.15, -0.1) is 0 Å². The van der Waals surface area contributed by atoms with Crippen molar-refractivity contribution < 1.29 is 51.8 Å². The molecule has 2 unspecified atom stereocenters. The number of alkyl carbamates (subject to hydrolysis) is 1. The molecule has 0 aliphatic rings. The number of ether oxygens (including phenoxy) is 2. The molecule has 5 amide bonds. The zero-order valence-electron chi connectivity index (χ0n) is 31.0. The SMILES string of the molecule is CCC(C)[C@H](NC(=O)[C@@H](NC(=O)OC(C)(C)C)C(C)C)C(=O)N[C@@H](C)C(=O)C(F)(F)C(=O)N[C@H](C(=O)N[C@H](C(=O)OC)C(C)CC)C(C)C. The third-order valence-corrected chi connectivity index (χ3v) is 7.96. The van der Waals surface area contributed by atoms with Crippen molar-refractivity contribution >= 4 is 41.5 Å². The standard InChI is InChI=1S/C33H57F2N5O9/c1-14-18(7)23(37-27(43)22(17(5)6)40-31(47)49-32(10,11)12)28(44)36-20(9)25(41)33(34,35)30(46)39-21(16(3)4)26(42)38-24(19(8)15-2)29(45)48-13/h16-24H,14-15H2,1-13H3,(H,36,44)(H,37,43)(H,38,42)(H,39,46)(H,40,47)/t18?,19?,20-,21-,22-,23-,24-/m0/s1. The van der Waals surface area contributed by atoms with Gasteiger partial charge in [-0.25, -0.2) is 9.59 Å². The molecule has 0 heterocycles. The summed E-state index contributed by atoms with van der Waals surface area (Å²) in [7, 11) is 1.13. The van der Waals surface area contributed by atoms with E-state index in [0.717, 1.165) is 14.0 Å². The number of hydrogen-bond acceptors (Lipinski definition) is 9. The molecular formula is C33H57F2N5O9. The molecule has 0 spiro atoms. The van der Waals surface area contributed by atoms with Gasteiger partial charge in [0.05, 0.1) is 13.2 Å². The number of nitrogens with one attached hydrogen (secondary N) is 5. The van der Waals surface area contributed by atoms with Crippen LogP contribution in [0.25, 0.3) is 0 Å². The molecule has 0 aliphatic heterocycles. The number of esters is 1. The first-order chi connectivity index (χ1) is 22.4. The molecule has 282 valence electrons. The Kier molecular flexibility index (Phi) is 17.8. The molecule has 0 fully saturated rings. The van der Waals surface area contributed by atoms with E-state index in [1.807, 2.05) is 5.32 Å². The molecule has 0 aliphatic carbocycles. The van der Waals surface area contributed by atoms with E-state index >= 15 is 8.78 Å². The normalized spacial score (nSPS) is 16.2. The van der Waals surface area contributed by atoms with Gasteiger partial charge in [0.15, 0.2) is 0 Å². The molecule has 14 nitrogen and oxygen atoms in total. The van der Waals surface area contributed by atoms with Crippen molar-refractivity contribution in [1.82, 2.24) is 26.6 Å². The average molecular weight is 706 g/mol. The van der Waals surface area contributed by atoms with Crippen LogP contribution < -0.4 is 26.6 Å². The summed E-state index contributed by atoms with van der Waals surface area (Å²) in [6.45, 7) is 18.9. The highest BCUT2D eigenvalue weighted by Crippen LogP contribution is 2.20. The fraction of sp³-hybridized carbons (Fsp3) is 0.788. The van der Waals surface area contributed by atoms with E-state index in [4.69, 9.17) is 9.47 Å². The van der Waals surface area contributed by atoms with Gasteiger partial charge in [-0.05, 0) is 51.4 Å². The van der Waals surface area contributed by atoms with E-state index in [9.17, 15) is 33.6 Å². The number of ketones is 1. The highest BCUT2D eigenvalue weighted by Gasteiger charge is 2.51. The summed E-state index contributed by atoms with van der Waals surface area (Å²) in [4.78, 5) is 89.7. The van der Waals surface area contributed by atoms with Gasteiger partial charge in [-0.3, -0.25) is 24.0 Å². The van der Waals surface area contributed by atoms with Gasteiger partial charge in [-0.2, -0.15) is 8.78 Å². The van der Waals surface area contributed by atoms with E-state index in [-0.39, 0.29) is 5.92 Å². The third-order valence-electron chi connectivity index (χ3n) is 7.96. The average Bonchev–Trinajstić information content (AvgIpc) is 3.00. The highest BCUT2D eigenvalue weighted by molar-refractivity contribution is 6.11. The number of rotatable bonds is 18. The second-order valence-electron chi connectivity index (χ2n) is 14.0. The minimum absolute atomic E-state index is 0.359. The van der Waals surface area contributed by atoms with Gasteiger partial charge in [0.1, 0.15) is 29.8 Å². The van der Waals surface area contributed by atoms with Crippen molar-refractivity contribution in [3.05, 3.63) is 0 Å². The Morgan fingerprint density at radius 3 is 1.43 bits per heavy atom. The Balaban J connectivity index is 5.91. The molecule has 49 heavy (non-hydrogen) atoms. The molecule has 5 N–H and O–H groups in total. The van der Waals surface area contributed by atoms with Gasteiger partial charge < -0.3 is 36.1 Å². The predicted octanol–water partition coefficient (Wildman–Crippen LogP) is 2.62. The van der Waals surface area contributed by atoms with Crippen molar-refractivity contribution in [3.63, 3.8) is 0 Å². The van der Waals surface area contributed by atoms with Crippen LogP contribution >= 0.6 is 0 Å². The smallest absolute Gasteiger partial charge is 0.408 e. The van der Waals surface area contributed by atoms with Crippen molar-refractivity contribution in [2.24, 2.45) is 23.7 Å². The fourth-order valence-electron chi connectivity index (χ4n) is 4.47. The highest BCUT2D eigenvalue weighted by atomic mass is 19.3. The largest absolute Gasteiger partial charge is 0.467 e. The summed E-state index contributed by atoms with van der Waals surface area (Å²) < 4.78 is 40.5. The maximum atomic E-state index is 15.3. The second-order valence-corrected chi connectivity index (χ2v) is 14.0. The molecule has 0 bridgehead atoms. The van der Waals surface area contributed by atoms with Crippen LogP contribution in [0.15, 0.2) is 0 Å². The summed E-state index contributed by atoms with van der Waals surface area (Å²) >= 11 is 0.